The fraction of sp³-hybridized carbons (Fsp3) is 0.435. The van der Waals surface area contributed by atoms with Crippen LogP contribution in [-0.2, 0) is 11.2 Å². The highest BCUT2D eigenvalue weighted by molar-refractivity contribution is 5.87. The van der Waals surface area contributed by atoms with Crippen LogP contribution < -0.4 is 10.9 Å². The third-order valence-corrected chi connectivity index (χ3v) is 5.24. The molecule has 1 saturated heterocycles. The summed E-state index contributed by atoms with van der Waals surface area (Å²) in [5, 5.41) is 3.36. The first-order chi connectivity index (χ1) is 14.5. The molecule has 7 heteroatoms. The number of pyridine rings is 2. The lowest BCUT2D eigenvalue weighted by Crippen LogP contribution is -2.45. The van der Waals surface area contributed by atoms with Gasteiger partial charge in [-0.1, -0.05) is 13.0 Å². The molecule has 0 aliphatic carbocycles. The molecule has 1 atom stereocenters. The van der Waals surface area contributed by atoms with Gasteiger partial charge in [0.25, 0.3) is 5.56 Å². The van der Waals surface area contributed by atoms with Gasteiger partial charge in [-0.05, 0) is 57.1 Å². The van der Waals surface area contributed by atoms with Crippen LogP contribution in [0.1, 0.15) is 25.5 Å². The lowest BCUT2D eigenvalue weighted by molar-refractivity contribution is -0.127. The minimum absolute atomic E-state index is 0.0230. The average Bonchev–Trinajstić information content (AvgIpc) is 2.75. The summed E-state index contributed by atoms with van der Waals surface area (Å²) in [4.78, 5) is 35.9. The van der Waals surface area contributed by atoms with Gasteiger partial charge in [0.05, 0.1) is 0 Å². The largest absolute Gasteiger partial charge is 0.376 e. The van der Waals surface area contributed by atoms with E-state index < -0.39 is 0 Å². The number of carbonyl (C=O) groups excluding carboxylic acids is 1. The minimum atomic E-state index is -0.155. The molecule has 2 aromatic heterocycles. The van der Waals surface area contributed by atoms with Crippen LogP contribution in [0.2, 0.25) is 0 Å². The molecule has 2 aromatic rings. The Morgan fingerprint density at radius 3 is 2.97 bits per heavy atom. The maximum atomic E-state index is 12.5. The molecule has 0 radical (unpaired) electrons. The molecule has 7 nitrogen and oxygen atoms in total. The molecule has 0 bridgehead atoms. The molecule has 0 spiro atoms. The van der Waals surface area contributed by atoms with E-state index in [1.54, 1.807) is 18.5 Å². The zero-order valence-electron chi connectivity index (χ0n) is 18.0. The van der Waals surface area contributed by atoms with Crippen molar-refractivity contribution in [3.8, 4) is 11.1 Å². The normalized spacial score (nSPS) is 16.9. The van der Waals surface area contributed by atoms with E-state index in [1.807, 2.05) is 48.2 Å². The van der Waals surface area contributed by atoms with Gasteiger partial charge in [-0.2, -0.15) is 0 Å². The maximum Gasteiger partial charge on any atom is 0.271 e. The summed E-state index contributed by atoms with van der Waals surface area (Å²) in [5.41, 5.74) is 3.34. The van der Waals surface area contributed by atoms with E-state index in [2.05, 4.69) is 22.2 Å². The lowest BCUT2D eigenvalue weighted by atomic mass is 10.0. The van der Waals surface area contributed by atoms with E-state index in [4.69, 9.17) is 0 Å². The molecule has 0 aromatic carbocycles. The van der Waals surface area contributed by atoms with Crippen LogP contribution in [-0.4, -0.2) is 65.4 Å². The number of nitrogens with one attached hydrogen (secondary N) is 2. The first-order valence-corrected chi connectivity index (χ1v) is 10.5. The highest BCUT2D eigenvalue weighted by Gasteiger charge is 2.23. The maximum absolute atomic E-state index is 12.5. The zero-order chi connectivity index (χ0) is 21.5. The zero-order valence-corrected chi connectivity index (χ0v) is 18.0. The molecule has 2 N–H and O–H groups in total. The molecular formula is C23H31N5O2. The number of rotatable bonds is 7. The monoisotopic (exact) mass is 409 g/mol. The van der Waals surface area contributed by atoms with Crippen LogP contribution in [0.25, 0.3) is 11.1 Å². The number of amides is 1. The summed E-state index contributed by atoms with van der Waals surface area (Å²) in [6.07, 6.45) is 9.74. The van der Waals surface area contributed by atoms with Crippen molar-refractivity contribution in [1.29, 1.82) is 0 Å². The van der Waals surface area contributed by atoms with E-state index in [0.717, 1.165) is 49.2 Å². The first-order valence-electron chi connectivity index (χ1n) is 10.5. The lowest BCUT2D eigenvalue weighted by Gasteiger charge is -2.33. The summed E-state index contributed by atoms with van der Waals surface area (Å²) >= 11 is 0. The quantitative estimate of drug-likeness (QED) is 0.687. The van der Waals surface area contributed by atoms with Crippen molar-refractivity contribution in [2.24, 2.45) is 0 Å². The topological polar surface area (TPSA) is 81.3 Å². The van der Waals surface area contributed by atoms with Gasteiger partial charge in [0.15, 0.2) is 0 Å². The Bertz CT molecular complexity index is 951. The van der Waals surface area contributed by atoms with Crippen molar-refractivity contribution in [1.82, 2.24) is 19.8 Å². The molecule has 3 rings (SSSR count). The van der Waals surface area contributed by atoms with Crippen molar-refractivity contribution in [3.63, 3.8) is 0 Å². The molecule has 0 unspecified atom stereocenters. The molecular weight excluding hydrogens is 378 g/mol. The second kappa shape index (κ2) is 10.2. The predicted molar refractivity (Wildman–Crippen MR) is 121 cm³/mol. The van der Waals surface area contributed by atoms with E-state index in [0.29, 0.717) is 12.2 Å². The molecule has 1 fully saturated rings. The number of carbonyl (C=O) groups is 1. The van der Waals surface area contributed by atoms with Gasteiger partial charge in [0, 0.05) is 55.4 Å². The van der Waals surface area contributed by atoms with Crippen LogP contribution in [0.5, 0.6) is 0 Å². The highest BCUT2D eigenvalue weighted by Crippen LogP contribution is 2.22. The van der Waals surface area contributed by atoms with Crippen LogP contribution in [0.3, 0.4) is 0 Å². The van der Waals surface area contributed by atoms with Gasteiger partial charge in [-0.3, -0.25) is 14.6 Å². The number of anilines is 1. The molecule has 30 heavy (non-hydrogen) atoms. The molecule has 160 valence electrons. The van der Waals surface area contributed by atoms with Gasteiger partial charge >= 0.3 is 0 Å². The fourth-order valence-corrected chi connectivity index (χ4v) is 3.59. The molecule has 0 saturated carbocycles. The van der Waals surface area contributed by atoms with Crippen molar-refractivity contribution in [2.75, 3.05) is 39.0 Å². The van der Waals surface area contributed by atoms with Gasteiger partial charge in [0.1, 0.15) is 5.69 Å². The Labute approximate surface area is 177 Å². The molecule has 3 heterocycles. The number of hydrogen-bond donors (Lipinski definition) is 2. The van der Waals surface area contributed by atoms with Crippen molar-refractivity contribution in [3.05, 3.63) is 58.8 Å². The number of piperidine rings is 1. The molecule has 1 aliphatic heterocycles. The van der Waals surface area contributed by atoms with Gasteiger partial charge in [-0.15, -0.1) is 0 Å². The Morgan fingerprint density at radius 1 is 1.37 bits per heavy atom. The van der Waals surface area contributed by atoms with Crippen LogP contribution in [0.4, 0.5) is 5.69 Å². The van der Waals surface area contributed by atoms with E-state index in [-0.39, 0.29) is 17.5 Å². The first kappa shape index (κ1) is 21.8. The van der Waals surface area contributed by atoms with E-state index >= 15 is 0 Å². The highest BCUT2D eigenvalue weighted by atomic mass is 16.2. The van der Waals surface area contributed by atoms with Crippen LogP contribution in [0, 0.1) is 0 Å². The molecule has 1 aliphatic rings. The van der Waals surface area contributed by atoms with E-state index in [9.17, 15) is 9.59 Å². The fourth-order valence-electron chi connectivity index (χ4n) is 3.59. The Kier molecular flexibility index (Phi) is 7.41. The van der Waals surface area contributed by atoms with Gasteiger partial charge in [-0.25, -0.2) is 0 Å². The van der Waals surface area contributed by atoms with Crippen molar-refractivity contribution >= 4 is 11.6 Å². The van der Waals surface area contributed by atoms with Crippen molar-refractivity contribution in [2.45, 2.75) is 32.2 Å². The Balaban J connectivity index is 1.70. The number of aryl methyl sites for hydroxylation is 1. The van der Waals surface area contributed by atoms with E-state index in [1.165, 1.54) is 0 Å². The summed E-state index contributed by atoms with van der Waals surface area (Å²) in [7, 11) is 3.94. The number of aromatic amines is 1. The average molecular weight is 410 g/mol. The third kappa shape index (κ3) is 5.79. The van der Waals surface area contributed by atoms with Gasteiger partial charge < -0.3 is 20.1 Å². The number of hydrogen-bond acceptors (Lipinski definition) is 5. The number of aromatic nitrogens is 2. The van der Waals surface area contributed by atoms with Gasteiger partial charge in [0.2, 0.25) is 5.91 Å². The van der Waals surface area contributed by atoms with Crippen molar-refractivity contribution < 1.29 is 4.79 Å². The number of likely N-dealkylation sites (tertiary alicyclic amines) is 1. The second-order valence-corrected chi connectivity index (χ2v) is 7.95. The number of H-pyrrole nitrogens is 1. The SMILES string of the molecule is CCc1cc(-c2c[nH]c(=O)c(N[C@H]3CCCN(C(=O)/C=C/CN(C)C)C3)c2)ccn1. The third-order valence-electron chi connectivity index (χ3n) is 5.24. The van der Waals surface area contributed by atoms with Crippen LogP contribution >= 0.6 is 0 Å². The predicted octanol–water partition coefficient (Wildman–Crippen LogP) is 2.52. The summed E-state index contributed by atoms with van der Waals surface area (Å²) in [5.74, 6) is 0.0230. The number of likely N-dealkylation sites (N-methyl/N-ethyl adjacent to an activating group) is 1. The van der Waals surface area contributed by atoms with Crippen LogP contribution in [0.15, 0.2) is 47.5 Å². The number of nitrogens with zero attached hydrogens (tertiary/aromatic N) is 3. The smallest absolute Gasteiger partial charge is 0.271 e. The Morgan fingerprint density at radius 2 is 2.20 bits per heavy atom. The molecule has 1 amide bonds. The summed E-state index contributed by atoms with van der Waals surface area (Å²) in [6, 6.07) is 5.91. The Hall–Kier alpha value is -2.93. The standard InChI is InChI=1S/C23H31N5O2/c1-4-19-13-17(9-10-24-19)18-14-21(23(30)25-15-18)26-20-7-5-12-28(16-20)22(29)8-6-11-27(2)3/h6,8-10,13-15,20,26H,4-5,7,11-12,16H2,1-3H3,(H,25,30)/b8-6+/t20-/m0/s1. The second-order valence-electron chi connectivity index (χ2n) is 7.95. The minimum Gasteiger partial charge on any atom is -0.376 e. The summed E-state index contributed by atoms with van der Waals surface area (Å²) < 4.78 is 0. The summed E-state index contributed by atoms with van der Waals surface area (Å²) in [6.45, 7) is 4.14.